The van der Waals surface area contributed by atoms with Gasteiger partial charge in [0.15, 0.2) is 11.5 Å². The van der Waals surface area contributed by atoms with Gasteiger partial charge in [-0.25, -0.2) is 4.68 Å². The molecule has 8 nitrogen and oxygen atoms in total. The summed E-state index contributed by atoms with van der Waals surface area (Å²) in [7, 11) is 1.45. The molecule has 0 saturated heterocycles. The molecule has 2 heterocycles. The summed E-state index contributed by atoms with van der Waals surface area (Å²) in [6.07, 6.45) is 0. The fourth-order valence-corrected chi connectivity index (χ4v) is 2.26. The van der Waals surface area contributed by atoms with Gasteiger partial charge >= 0.3 is 5.91 Å². The third-order valence-corrected chi connectivity index (χ3v) is 3.43. The lowest BCUT2D eigenvalue weighted by Gasteiger charge is -2.09. The summed E-state index contributed by atoms with van der Waals surface area (Å²) < 4.78 is 6.24. The van der Waals surface area contributed by atoms with E-state index < -0.39 is 11.8 Å². The molecule has 122 valence electrons. The van der Waals surface area contributed by atoms with Crippen LogP contribution in [0.2, 0.25) is 0 Å². The van der Waals surface area contributed by atoms with E-state index in [0.717, 1.165) is 4.68 Å². The Kier molecular flexibility index (Phi) is 3.87. The molecular formula is C16H14N4O4. The zero-order valence-electron chi connectivity index (χ0n) is 13.0. The predicted molar refractivity (Wildman–Crippen MR) is 85.4 cm³/mol. The molecule has 0 aliphatic heterocycles. The molecule has 2 amide bonds. The van der Waals surface area contributed by atoms with Crippen LogP contribution in [-0.2, 0) is 7.05 Å². The van der Waals surface area contributed by atoms with Gasteiger partial charge < -0.3 is 4.42 Å². The van der Waals surface area contributed by atoms with Crippen molar-refractivity contribution in [1.29, 1.82) is 0 Å². The van der Waals surface area contributed by atoms with E-state index >= 15 is 0 Å². The minimum absolute atomic E-state index is 0.0311. The Bertz CT molecular complexity index is 1000. The van der Waals surface area contributed by atoms with E-state index in [0.29, 0.717) is 16.5 Å². The highest BCUT2D eigenvalue weighted by Crippen LogP contribution is 2.12. The highest BCUT2D eigenvalue weighted by Gasteiger charge is 2.17. The molecular weight excluding hydrogens is 312 g/mol. The topological polar surface area (TPSA) is 106 Å². The van der Waals surface area contributed by atoms with Gasteiger partial charge in [0.05, 0.1) is 5.39 Å². The van der Waals surface area contributed by atoms with Crippen LogP contribution >= 0.6 is 0 Å². The molecule has 0 atom stereocenters. The fourth-order valence-electron chi connectivity index (χ4n) is 2.26. The first-order valence-electron chi connectivity index (χ1n) is 7.10. The van der Waals surface area contributed by atoms with E-state index in [1.54, 1.807) is 37.3 Å². The van der Waals surface area contributed by atoms with E-state index in [-0.39, 0.29) is 17.0 Å². The van der Waals surface area contributed by atoms with Crippen molar-refractivity contribution in [1.82, 2.24) is 20.6 Å². The molecule has 24 heavy (non-hydrogen) atoms. The van der Waals surface area contributed by atoms with Gasteiger partial charge in [-0.1, -0.05) is 18.2 Å². The van der Waals surface area contributed by atoms with Crippen LogP contribution in [0.15, 0.2) is 45.6 Å². The second-order valence-electron chi connectivity index (χ2n) is 5.14. The number of aryl methyl sites for hydroxylation is 2. The van der Waals surface area contributed by atoms with Gasteiger partial charge in [-0.2, -0.15) is 5.10 Å². The van der Waals surface area contributed by atoms with Crippen LogP contribution in [0.25, 0.3) is 10.8 Å². The third kappa shape index (κ3) is 2.76. The van der Waals surface area contributed by atoms with Crippen molar-refractivity contribution in [2.75, 3.05) is 0 Å². The number of hydrogen-bond acceptors (Lipinski definition) is 5. The Morgan fingerprint density at radius 3 is 2.38 bits per heavy atom. The lowest BCUT2D eigenvalue weighted by atomic mass is 10.1. The van der Waals surface area contributed by atoms with Crippen LogP contribution < -0.4 is 16.4 Å². The number of nitrogens with zero attached hydrogens (tertiary/aromatic N) is 2. The molecule has 2 N–H and O–H groups in total. The van der Waals surface area contributed by atoms with Gasteiger partial charge in [0, 0.05) is 12.4 Å². The third-order valence-electron chi connectivity index (χ3n) is 3.43. The number of aromatic nitrogens is 2. The monoisotopic (exact) mass is 326 g/mol. The van der Waals surface area contributed by atoms with E-state index in [2.05, 4.69) is 16.0 Å². The van der Waals surface area contributed by atoms with Crippen molar-refractivity contribution in [3.63, 3.8) is 0 Å². The molecule has 0 unspecified atom stereocenters. The SMILES string of the molecule is Cc1ccc(C(=O)NNC(=O)c2nn(C)c(=O)c3ccccc23)o1. The molecule has 0 aliphatic rings. The number of furan rings is 1. The molecule has 0 spiro atoms. The molecule has 0 saturated carbocycles. The van der Waals surface area contributed by atoms with Crippen molar-refractivity contribution in [2.24, 2.45) is 7.05 Å². The van der Waals surface area contributed by atoms with Gasteiger partial charge in [-0.3, -0.25) is 25.2 Å². The van der Waals surface area contributed by atoms with Gasteiger partial charge in [-0.15, -0.1) is 0 Å². The van der Waals surface area contributed by atoms with Crippen LogP contribution in [0.1, 0.15) is 26.8 Å². The summed E-state index contributed by atoms with van der Waals surface area (Å²) in [6.45, 7) is 1.70. The quantitative estimate of drug-likeness (QED) is 0.681. The van der Waals surface area contributed by atoms with E-state index in [4.69, 9.17) is 4.42 Å². The van der Waals surface area contributed by atoms with Crippen LogP contribution in [-0.4, -0.2) is 21.6 Å². The molecule has 8 heteroatoms. The summed E-state index contributed by atoms with van der Waals surface area (Å²) in [5.74, 6) is -0.577. The molecule has 1 aromatic carbocycles. The standard InChI is InChI=1S/C16H14N4O4/c1-9-7-8-12(24-9)14(21)17-18-15(22)13-10-5-3-4-6-11(10)16(23)20(2)19-13/h3-8H,1-2H3,(H,17,21)(H,18,22). The number of carbonyl (C=O) groups is 2. The highest BCUT2D eigenvalue weighted by molar-refractivity contribution is 6.05. The number of hydrogen-bond donors (Lipinski definition) is 2. The Hall–Kier alpha value is -3.42. The summed E-state index contributed by atoms with van der Waals surface area (Å²) in [5, 5.41) is 4.75. The van der Waals surface area contributed by atoms with Crippen LogP contribution in [0, 0.1) is 6.92 Å². The lowest BCUT2D eigenvalue weighted by Crippen LogP contribution is -2.42. The molecule has 3 aromatic rings. The maximum absolute atomic E-state index is 12.3. The largest absolute Gasteiger partial charge is 0.456 e. The molecule has 0 fully saturated rings. The van der Waals surface area contributed by atoms with Crippen molar-refractivity contribution in [3.05, 3.63) is 64.0 Å². The predicted octanol–water partition coefficient (Wildman–Crippen LogP) is 0.910. The summed E-state index contributed by atoms with van der Waals surface area (Å²) >= 11 is 0. The first kappa shape index (κ1) is 15.5. The molecule has 0 aliphatic carbocycles. The van der Waals surface area contributed by atoms with Crippen molar-refractivity contribution >= 4 is 22.6 Å². The molecule has 2 aromatic heterocycles. The minimum atomic E-state index is -0.640. The second-order valence-corrected chi connectivity index (χ2v) is 5.14. The Morgan fingerprint density at radius 2 is 1.71 bits per heavy atom. The van der Waals surface area contributed by atoms with Crippen molar-refractivity contribution in [3.8, 4) is 0 Å². The Balaban J connectivity index is 1.85. The van der Waals surface area contributed by atoms with Gasteiger partial charge in [0.1, 0.15) is 5.76 Å². The number of amides is 2. The Labute approximate surface area is 136 Å². The summed E-state index contributed by atoms with van der Waals surface area (Å²) in [5.41, 5.74) is 4.24. The summed E-state index contributed by atoms with van der Waals surface area (Å²) in [6, 6.07) is 9.77. The maximum atomic E-state index is 12.3. The average molecular weight is 326 g/mol. The van der Waals surface area contributed by atoms with E-state index in [9.17, 15) is 14.4 Å². The smallest absolute Gasteiger partial charge is 0.305 e. The molecule has 0 bridgehead atoms. The molecule has 3 rings (SSSR count). The van der Waals surface area contributed by atoms with Gasteiger partial charge in [0.25, 0.3) is 11.5 Å². The highest BCUT2D eigenvalue weighted by atomic mass is 16.3. The van der Waals surface area contributed by atoms with Crippen LogP contribution in [0.3, 0.4) is 0 Å². The average Bonchev–Trinajstić information content (AvgIpc) is 3.02. The second kappa shape index (κ2) is 5.99. The number of benzene rings is 1. The summed E-state index contributed by atoms with van der Waals surface area (Å²) in [4.78, 5) is 36.3. The van der Waals surface area contributed by atoms with Gasteiger partial charge in [0.2, 0.25) is 0 Å². The van der Waals surface area contributed by atoms with Crippen LogP contribution in [0.5, 0.6) is 0 Å². The lowest BCUT2D eigenvalue weighted by molar-refractivity contribution is 0.0827. The normalized spacial score (nSPS) is 10.6. The molecule has 0 radical (unpaired) electrons. The number of fused-ring (bicyclic) bond motifs is 1. The van der Waals surface area contributed by atoms with E-state index in [1.807, 2.05) is 0 Å². The Morgan fingerprint density at radius 1 is 1.04 bits per heavy atom. The minimum Gasteiger partial charge on any atom is -0.456 e. The zero-order valence-corrected chi connectivity index (χ0v) is 13.0. The zero-order chi connectivity index (χ0) is 17.3. The van der Waals surface area contributed by atoms with Gasteiger partial charge in [-0.05, 0) is 25.1 Å². The first-order chi connectivity index (χ1) is 11.5. The fraction of sp³-hybridized carbons (Fsp3) is 0.125. The maximum Gasteiger partial charge on any atom is 0.305 e. The van der Waals surface area contributed by atoms with Crippen molar-refractivity contribution < 1.29 is 14.0 Å². The first-order valence-corrected chi connectivity index (χ1v) is 7.10. The van der Waals surface area contributed by atoms with Crippen molar-refractivity contribution in [2.45, 2.75) is 6.92 Å². The van der Waals surface area contributed by atoms with Crippen LogP contribution in [0.4, 0.5) is 0 Å². The number of nitrogens with one attached hydrogen (secondary N) is 2. The number of hydrazine groups is 1. The van der Waals surface area contributed by atoms with E-state index in [1.165, 1.54) is 13.1 Å². The number of rotatable bonds is 2. The number of carbonyl (C=O) groups excluding carboxylic acids is 2.